The first kappa shape index (κ1) is 22.2. The highest BCUT2D eigenvalue weighted by atomic mass is 35.5. The Morgan fingerprint density at radius 2 is 1.76 bits per heavy atom. The average Bonchev–Trinajstić information content (AvgIpc) is 3.52. The monoisotopic (exact) mass is 479 g/mol. The van der Waals surface area contributed by atoms with Crippen LogP contribution in [0.5, 0.6) is 11.5 Å². The fourth-order valence-electron chi connectivity index (χ4n) is 4.88. The molecule has 2 bridgehead atoms. The summed E-state index contributed by atoms with van der Waals surface area (Å²) in [6.07, 6.45) is 6.42. The molecule has 4 atom stereocenters. The number of anilines is 1. The molecule has 3 amide bonds. The Labute approximate surface area is 201 Å². The summed E-state index contributed by atoms with van der Waals surface area (Å²) in [6, 6.07) is 11.7. The average molecular weight is 480 g/mol. The Bertz CT molecular complexity index is 1180. The van der Waals surface area contributed by atoms with Gasteiger partial charge in [0.05, 0.1) is 25.2 Å². The largest absolute Gasteiger partial charge is 0.493 e. The maximum absolute atomic E-state index is 12.8. The van der Waals surface area contributed by atoms with E-state index in [1.54, 1.807) is 42.5 Å². The van der Waals surface area contributed by atoms with E-state index in [2.05, 4.69) is 10.4 Å². The molecule has 9 heteroatoms. The van der Waals surface area contributed by atoms with Gasteiger partial charge in [0.15, 0.2) is 18.1 Å². The molecular weight excluding hydrogens is 458 g/mol. The highest BCUT2D eigenvalue weighted by Gasteiger charge is 2.59. The first-order valence-electron chi connectivity index (χ1n) is 10.9. The highest BCUT2D eigenvalue weighted by molar-refractivity contribution is 6.30. The van der Waals surface area contributed by atoms with Crippen molar-refractivity contribution in [3.05, 3.63) is 65.2 Å². The van der Waals surface area contributed by atoms with Gasteiger partial charge in [-0.05, 0) is 66.3 Å². The molecule has 5 rings (SSSR count). The Morgan fingerprint density at radius 3 is 2.41 bits per heavy atom. The molecule has 174 valence electrons. The number of carbonyl (C=O) groups excluding carboxylic acids is 3. The van der Waals surface area contributed by atoms with Crippen LogP contribution in [0.2, 0.25) is 5.02 Å². The highest BCUT2D eigenvalue weighted by Crippen LogP contribution is 2.52. The van der Waals surface area contributed by atoms with Crippen LogP contribution in [0.3, 0.4) is 0 Å². The van der Waals surface area contributed by atoms with Gasteiger partial charge in [0.25, 0.3) is 17.7 Å². The molecule has 2 fully saturated rings. The van der Waals surface area contributed by atoms with Gasteiger partial charge in [-0.2, -0.15) is 10.1 Å². The molecular formula is C25H22ClN3O5. The molecule has 0 radical (unpaired) electrons. The number of halogens is 1. The molecule has 3 aliphatic rings. The fraction of sp³-hybridized carbons (Fsp3) is 0.280. The van der Waals surface area contributed by atoms with Crippen LogP contribution in [0.15, 0.2) is 59.7 Å². The van der Waals surface area contributed by atoms with E-state index >= 15 is 0 Å². The van der Waals surface area contributed by atoms with Crippen LogP contribution in [-0.4, -0.2) is 42.7 Å². The van der Waals surface area contributed by atoms with Gasteiger partial charge in [0.2, 0.25) is 0 Å². The van der Waals surface area contributed by atoms with Crippen molar-refractivity contribution in [2.75, 3.05) is 19.0 Å². The number of amides is 3. The smallest absolute Gasteiger partial charge is 0.262 e. The van der Waals surface area contributed by atoms with Crippen LogP contribution in [0.1, 0.15) is 12.0 Å². The summed E-state index contributed by atoms with van der Waals surface area (Å²) in [6.45, 7) is -0.220. The lowest BCUT2D eigenvalue weighted by Crippen LogP contribution is -2.28. The number of hydrogen-bond acceptors (Lipinski definition) is 6. The molecule has 2 aliphatic carbocycles. The van der Waals surface area contributed by atoms with Gasteiger partial charge in [-0.15, -0.1) is 0 Å². The number of methoxy groups -OCH3 is 1. The Balaban J connectivity index is 1.22. The van der Waals surface area contributed by atoms with E-state index in [0.717, 1.165) is 11.4 Å². The van der Waals surface area contributed by atoms with Crippen molar-refractivity contribution in [2.24, 2.45) is 28.8 Å². The zero-order chi connectivity index (χ0) is 23.8. The van der Waals surface area contributed by atoms with E-state index in [9.17, 15) is 14.4 Å². The first-order valence-corrected chi connectivity index (χ1v) is 11.3. The number of benzene rings is 2. The van der Waals surface area contributed by atoms with Gasteiger partial charge in [-0.25, -0.2) is 0 Å². The predicted octanol–water partition coefficient (Wildman–Crippen LogP) is 3.51. The van der Waals surface area contributed by atoms with Gasteiger partial charge in [0, 0.05) is 10.7 Å². The summed E-state index contributed by atoms with van der Waals surface area (Å²) in [5.41, 5.74) is 1.23. The Morgan fingerprint density at radius 1 is 1.09 bits per heavy atom. The van der Waals surface area contributed by atoms with Crippen LogP contribution in [0.4, 0.5) is 5.69 Å². The van der Waals surface area contributed by atoms with E-state index in [1.807, 2.05) is 12.2 Å². The molecule has 8 nitrogen and oxygen atoms in total. The van der Waals surface area contributed by atoms with E-state index < -0.39 is 0 Å². The quantitative estimate of drug-likeness (QED) is 0.372. The number of nitrogens with zero attached hydrogens (tertiary/aromatic N) is 2. The van der Waals surface area contributed by atoms with Gasteiger partial charge in [-0.3, -0.25) is 14.4 Å². The molecule has 1 saturated carbocycles. The second-order valence-electron chi connectivity index (χ2n) is 8.49. The van der Waals surface area contributed by atoms with Crippen molar-refractivity contribution in [1.29, 1.82) is 0 Å². The second kappa shape index (κ2) is 8.95. The minimum Gasteiger partial charge on any atom is -0.493 e. The van der Waals surface area contributed by atoms with Crippen LogP contribution in [-0.2, 0) is 14.4 Å². The number of ether oxygens (including phenoxy) is 2. The second-order valence-corrected chi connectivity index (χ2v) is 8.92. The zero-order valence-electron chi connectivity index (χ0n) is 18.3. The standard InChI is InChI=1S/C25H22ClN3O5/c1-33-20-10-14(2-9-19(20)34-13-21(30)28-18-7-5-17(26)6-8-18)12-27-29-24(31)22-15-3-4-16(11-15)23(22)25(29)32/h2-10,12,15-16,22-23H,11,13H2,1H3,(H,28,30)/t15-,16-,22-,23+/m0/s1. The van der Waals surface area contributed by atoms with Crippen molar-refractivity contribution in [2.45, 2.75) is 6.42 Å². The lowest BCUT2D eigenvalue weighted by molar-refractivity contribution is -0.140. The maximum atomic E-state index is 12.8. The first-order chi connectivity index (χ1) is 16.4. The summed E-state index contributed by atoms with van der Waals surface area (Å²) in [5.74, 6) is -0.343. The lowest BCUT2D eigenvalue weighted by Gasteiger charge is -2.13. The van der Waals surface area contributed by atoms with E-state index in [-0.39, 0.29) is 48.0 Å². The SMILES string of the molecule is COc1cc(C=NN2C(=O)[C@@H]3[C@H](C2=O)[C@H]2C=C[C@H]3C2)ccc1OCC(=O)Nc1ccc(Cl)cc1. The van der Waals surface area contributed by atoms with Crippen LogP contribution in [0, 0.1) is 23.7 Å². The van der Waals surface area contributed by atoms with Gasteiger partial charge < -0.3 is 14.8 Å². The van der Waals surface area contributed by atoms with Crippen molar-refractivity contribution in [3.63, 3.8) is 0 Å². The number of hydrazone groups is 1. The summed E-state index contributed by atoms with van der Waals surface area (Å²) in [5, 5.41) is 8.47. The third-order valence-electron chi connectivity index (χ3n) is 6.44. The van der Waals surface area contributed by atoms with Gasteiger partial charge in [0.1, 0.15) is 0 Å². The summed E-state index contributed by atoms with van der Waals surface area (Å²) in [4.78, 5) is 37.7. The Kier molecular flexibility index (Phi) is 5.83. The summed E-state index contributed by atoms with van der Waals surface area (Å²) < 4.78 is 11.0. The van der Waals surface area contributed by atoms with Crippen molar-refractivity contribution < 1.29 is 23.9 Å². The number of nitrogens with one attached hydrogen (secondary N) is 1. The molecule has 2 aromatic carbocycles. The van der Waals surface area contributed by atoms with Crippen LogP contribution < -0.4 is 14.8 Å². The maximum Gasteiger partial charge on any atom is 0.262 e. The van der Waals surface area contributed by atoms with E-state index in [0.29, 0.717) is 27.8 Å². The van der Waals surface area contributed by atoms with Crippen molar-refractivity contribution in [1.82, 2.24) is 5.01 Å². The summed E-state index contributed by atoms with van der Waals surface area (Å²) in [7, 11) is 1.48. The Hall–Kier alpha value is -3.65. The molecule has 0 aromatic heterocycles. The zero-order valence-corrected chi connectivity index (χ0v) is 19.1. The minimum atomic E-state index is -0.338. The molecule has 1 heterocycles. The minimum absolute atomic E-state index is 0.139. The fourth-order valence-corrected chi connectivity index (χ4v) is 5.01. The van der Waals surface area contributed by atoms with Crippen LogP contribution >= 0.6 is 11.6 Å². The molecule has 34 heavy (non-hydrogen) atoms. The lowest BCUT2D eigenvalue weighted by atomic mass is 9.85. The van der Waals surface area contributed by atoms with E-state index in [4.69, 9.17) is 21.1 Å². The van der Waals surface area contributed by atoms with Gasteiger partial charge >= 0.3 is 0 Å². The number of fused-ring (bicyclic) bond motifs is 5. The van der Waals surface area contributed by atoms with Gasteiger partial charge in [-0.1, -0.05) is 23.8 Å². The number of hydrogen-bond donors (Lipinski definition) is 1. The van der Waals surface area contributed by atoms with Crippen LogP contribution in [0.25, 0.3) is 0 Å². The van der Waals surface area contributed by atoms with Crippen molar-refractivity contribution >= 4 is 41.2 Å². The molecule has 1 aliphatic heterocycles. The third kappa shape index (κ3) is 4.05. The number of rotatable bonds is 7. The number of imide groups is 1. The molecule has 2 aromatic rings. The van der Waals surface area contributed by atoms with E-state index in [1.165, 1.54) is 13.3 Å². The molecule has 1 saturated heterocycles. The third-order valence-corrected chi connectivity index (χ3v) is 6.70. The molecule has 1 N–H and O–H groups in total. The normalized spacial score (nSPS) is 24.7. The predicted molar refractivity (Wildman–Crippen MR) is 126 cm³/mol. The number of carbonyl (C=O) groups is 3. The summed E-state index contributed by atoms with van der Waals surface area (Å²) >= 11 is 5.85. The molecule has 0 unspecified atom stereocenters. The molecule has 0 spiro atoms. The topological polar surface area (TPSA) is 97.3 Å². The van der Waals surface area contributed by atoms with Crippen molar-refractivity contribution in [3.8, 4) is 11.5 Å². The number of allylic oxidation sites excluding steroid dienone is 2.